The summed E-state index contributed by atoms with van der Waals surface area (Å²) < 4.78 is 10.8. The topological polar surface area (TPSA) is 71.3 Å². The summed E-state index contributed by atoms with van der Waals surface area (Å²) in [5.74, 6) is 0.857. The summed E-state index contributed by atoms with van der Waals surface area (Å²) in [6.45, 7) is 0.350. The van der Waals surface area contributed by atoms with Gasteiger partial charge in [0.05, 0.1) is 7.11 Å². The lowest BCUT2D eigenvalue weighted by Gasteiger charge is -2.08. The molecule has 0 saturated heterocycles. The number of amides is 1. The fourth-order valence-electron chi connectivity index (χ4n) is 2.62. The number of nitrogens with one attached hydrogen (secondary N) is 1. The molecule has 150 valence electrons. The molecule has 0 saturated carbocycles. The highest BCUT2D eigenvalue weighted by Crippen LogP contribution is 2.20. The van der Waals surface area contributed by atoms with Crippen LogP contribution in [0.2, 0.25) is 5.02 Å². The zero-order chi connectivity index (χ0) is 21.3. The van der Waals surface area contributed by atoms with Gasteiger partial charge in [0.15, 0.2) is 0 Å². The van der Waals surface area contributed by atoms with E-state index in [0.29, 0.717) is 34.4 Å². The number of carbonyl (C=O) groups is 1. The fourth-order valence-corrected chi connectivity index (χ4v) is 2.82. The van der Waals surface area contributed by atoms with Gasteiger partial charge in [-0.25, -0.2) is 0 Å². The van der Waals surface area contributed by atoms with Gasteiger partial charge < -0.3 is 14.8 Å². The number of hydrogen-bond acceptors (Lipinski definition) is 4. The number of carbonyl (C=O) groups excluding carboxylic acids is 1. The van der Waals surface area contributed by atoms with Crippen LogP contribution in [0.3, 0.4) is 0 Å². The van der Waals surface area contributed by atoms with E-state index >= 15 is 0 Å². The molecule has 0 unspecified atom stereocenters. The SMILES string of the molecule is COc1ccc(NC(=O)/C(C#N)=C/c2ccc(OCc3ccccc3Cl)cc2)cc1. The number of ether oxygens (including phenoxy) is 2. The van der Waals surface area contributed by atoms with Crippen LogP contribution in [0.4, 0.5) is 5.69 Å². The summed E-state index contributed by atoms with van der Waals surface area (Å²) in [5, 5.41) is 12.7. The van der Waals surface area contributed by atoms with Gasteiger partial charge in [0.1, 0.15) is 29.7 Å². The first-order valence-electron chi connectivity index (χ1n) is 9.12. The molecule has 0 aromatic heterocycles. The molecule has 5 nitrogen and oxygen atoms in total. The van der Waals surface area contributed by atoms with E-state index in [1.807, 2.05) is 30.3 Å². The standard InChI is InChI=1S/C24H19ClN2O3/c1-29-21-12-8-20(9-13-21)27-24(28)19(15-26)14-17-6-10-22(11-7-17)30-16-18-4-2-3-5-23(18)25/h2-14H,16H2,1H3,(H,27,28)/b19-14+. The molecule has 30 heavy (non-hydrogen) atoms. The number of rotatable bonds is 7. The maximum absolute atomic E-state index is 12.4. The Balaban J connectivity index is 1.64. The predicted octanol–water partition coefficient (Wildman–Crippen LogP) is 5.47. The van der Waals surface area contributed by atoms with Gasteiger partial charge in [-0.15, -0.1) is 0 Å². The lowest BCUT2D eigenvalue weighted by atomic mass is 10.1. The normalized spacial score (nSPS) is 10.8. The van der Waals surface area contributed by atoms with Crippen LogP contribution in [0.5, 0.6) is 11.5 Å². The molecule has 0 radical (unpaired) electrons. The predicted molar refractivity (Wildman–Crippen MR) is 117 cm³/mol. The van der Waals surface area contributed by atoms with Gasteiger partial charge in [-0.2, -0.15) is 5.26 Å². The van der Waals surface area contributed by atoms with Crippen LogP contribution in [0.15, 0.2) is 78.4 Å². The number of nitrogens with zero attached hydrogens (tertiary/aromatic N) is 1. The Labute approximate surface area is 180 Å². The smallest absolute Gasteiger partial charge is 0.266 e. The first kappa shape index (κ1) is 21.0. The molecule has 0 heterocycles. The molecule has 0 atom stereocenters. The van der Waals surface area contributed by atoms with Crippen molar-refractivity contribution >= 4 is 29.3 Å². The Morgan fingerprint density at radius 2 is 1.70 bits per heavy atom. The van der Waals surface area contributed by atoms with Crippen molar-refractivity contribution in [2.75, 3.05) is 12.4 Å². The number of anilines is 1. The molecule has 0 spiro atoms. The third kappa shape index (κ3) is 5.63. The van der Waals surface area contributed by atoms with Crippen LogP contribution in [0.25, 0.3) is 6.08 Å². The Hall–Kier alpha value is -3.75. The van der Waals surface area contributed by atoms with Crippen molar-refractivity contribution in [1.82, 2.24) is 0 Å². The number of methoxy groups -OCH3 is 1. The van der Waals surface area contributed by atoms with E-state index in [4.69, 9.17) is 21.1 Å². The van der Waals surface area contributed by atoms with Crippen LogP contribution >= 0.6 is 11.6 Å². The van der Waals surface area contributed by atoms with E-state index in [1.54, 1.807) is 55.6 Å². The van der Waals surface area contributed by atoms with E-state index in [9.17, 15) is 10.1 Å². The van der Waals surface area contributed by atoms with Crippen LogP contribution in [-0.2, 0) is 11.4 Å². The molecule has 3 aromatic rings. The summed E-state index contributed by atoms with van der Waals surface area (Å²) in [7, 11) is 1.57. The molecular weight excluding hydrogens is 400 g/mol. The minimum Gasteiger partial charge on any atom is -0.497 e. The van der Waals surface area contributed by atoms with Crippen molar-refractivity contribution < 1.29 is 14.3 Å². The van der Waals surface area contributed by atoms with E-state index < -0.39 is 5.91 Å². The third-order valence-corrected chi connectivity index (χ3v) is 4.62. The van der Waals surface area contributed by atoms with Gasteiger partial charge in [-0.3, -0.25) is 4.79 Å². The van der Waals surface area contributed by atoms with Gasteiger partial charge in [-0.1, -0.05) is 41.9 Å². The molecule has 0 fully saturated rings. The van der Waals surface area contributed by atoms with Gasteiger partial charge in [0, 0.05) is 16.3 Å². The maximum Gasteiger partial charge on any atom is 0.266 e. The largest absolute Gasteiger partial charge is 0.497 e. The van der Waals surface area contributed by atoms with Crippen molar-refractivity contribution in [2.45, 2.75) is 6.61 Å². The first-order valence-corrected chi connectivity index (χ1v) is 9.50. The average Bonchev–Trinajstić information content (AvgIpc) is 2.78. The second-order valence-electron chi connectivity index (χ2n) is 6.30. The first-order chi connectivity index (χ1) is 14.6. The van der Waals surface area contributed by atoms with Crippen LogP contribution < -0.4 is 14.8 Å². The number of benzene rings is 3. The van der Waals surface area contributed by atoms with Crippen molar-refractivity contribution in [3.63, 3.8) is 0 Å². The molecule has 0 aliphatic carbocycles. The van der Waals surface area contributed by atoms with Crippen LogP contribution in [0.1, 0.15) is 11.1 Å². The van der Waals surface area contributed by atoms with Gasteiger partial charge in [0.25, 0.3) is 5.91 Å². The zero-order valence-electron chi connectivity index (χ0n) is 16.3. The summed E-state index contributed by atoms with van der Waals surface area (Å²) >= 11 is 6.13. The second-order valence-corrected chi connectivity index (χ2v) is 6.71. The van der Waals surface area contributed by atoms with Crippen molar-refractivity contribution in [3.05, 3.63) is 94.5 Å². The van der Waals surface area contributed by atoms with Gasteiger partial charge in [-0.05, 0) is 54.1 Å². The molecule has 6 heteroatoms. The summed E-state index contributed by atoms with van der Waals surface area (Å²) in [4.78, 5) is 12.4. The minimum absolute atomic E-state index is 0.00412. The summed E-state index contributed by atoms with van der Waals surface area (Å²) in [6.07, 6.45) is 1.52. The summed E-state index contributed by atoms with van der Waals surface area (Å²) in [6, 6.07) is 23.4. The highest BCUT2D eigenvalue weighted by molar-refractivity contribution is 6.31. The second kappa shape index (κ2) is 10.1. The highest BCUT2D eigenvalue weighted by Gasteiger charge is 2.10. The van der Waals surface area contributed by atoms with Crippen molar-refractivity contribution in [2.24, 2.45) is 0 Å². The van der Waals surface area contributed by atoms with E-state index in [0.717, 1.165) is 5.56 Å². The fraction of sp³-hybridized carbons (Fsp3) is 0.0833. The molecule has 0 aliphatic heterocycles. The number of nitriles is 1. The molecule has 1 N–H and O–H groups in total. The lowest BCUT2D eigenvalue weighted by Crippen LogP contribution is -2.13. The Morgan fingerprint density at radius 1 is 1.03 bits per heavy atom. The van der Waals surface area contributed by atoms with E-state index in [1.165, 1.54) is 6.08 Å². The van der Waals surface area contributed by atoms with E-state index in [2.05, 4.69) is 5.32 Å². The Kier molecular flexibility index (Phi) is 7.09. The van der Waals surface area contributed by atoms with Crippen molar-refractivity contribution in [1.29, 1.82) is 5.26 Å². The Bertz CT molecular complexity index is 1080. The highest BCUT2D eigenvalue weighted by atomic mass is 35.5. The quantitative estimate of drug-likeness (QED) is 0.407. The van der Waals surface area contributed by atoms with Crippen LogP contribution in [0, 0.1) is 11.3 Å². The van der Waals surface area contributed by atoms with Crippen LogP contribution in [-0.4, -0.2) is 13.0 Å². The summed E-state index contributed by atoms with van der Waals surface area (Å²) in [5.41, 5.74) is 2.17. The molecule has 3 aromatic carbocycles. The number of hydrogen-bond donors (Lipinski definition) is 1. The molecule has 0 bridgehead atoms. The van der Waals surface area contributed by atoms with Gasteiger partial charge in [0.2, 0.25) is 0 Å². The maximum atomic E-state index is 12.4. The van der Waals surface area contributed by atoms with Gasteiger partial charge >= 0.3 is 0 Å². The average molecular weight is 419 g/mol. The molecular formula is C24H19ClN2O3. The number of halogens is 1. The monoisotopic (exact) mass is 418 g/mol. The minimum atomic E-state index is -0.485. The Morgan fingerprint density at radius 3 is 2.33 bits per heavy atom. The lowest BCUT2D eigenvalue weighted by molar-refractivity contribution is -0.112. The molecule has 3 rings (SSSR count). The molecule has 0 aliphatic rings. The third-order valence-electron chi connectivity index (χ3n) is 4.26. The molecule has 1 amide bonds. The zero-order valence-corrected chi connectivity index (χ0v) is 17.0. The van der Waals surface area contributed by atoms with E-state index in [-0.39, 0.29) is 5.57 Å². The van der Waals surface area contributed by atoms with Crippen molar-refractivity contribution in [3.8, 4) is 17.6 Å².